The fourth-order valence-corrected chi connectivity index (χ4v) is 1.36. The van der Waals surface area contributed by atoms with E-state index >= 15 is 0 Å². The molecule has 1 rings (SSSR count). The summed E-state index contributed by atoms with van der Waals surface area (Å²) in [6.45, 7) is 0. The lowest BCUT2D eigenvalue weighted by molar-refractivity contribution is -0.253. The van der Waals surface area contributed by atoms with Crippen molar-refractivity contribution in [1.29, 1.82) is 0 Å². The smallest absolute Gasteiger partial charge is 0.338 e. The topological polar surface area (TPSA) is 104 Å². The third-order valence-corrected chi connectivity index (χ3v) is 2.38. The monoisotopic (exact) mass is 240 g/mol. The number of aliphatic hydroxyl groups is 2. The summed E-state index contributed by atoms with van der Waals surface area (Å²) in [6, 6.07) is 5.36. The minimum absolute atomic E-state index is 0.0421. The molecule has 3 N–H and O–H groups in total. The highest BCUT2D eigenvalue weighted by molar-refractivity contribution is 5.75. The summed E-state index contributed by atoms with van der Waals surface area (Å²) in [5.74, 6) is -3.97. The summed E-state index contributed by atoms with van der Waals surface area (Å²) in [7, 11) is 1.07. The first-order chi connectivity index (χ1) is 7.95. The Hall–Kier alpha value is -1.76. The summed E-state index contributed by atoms with van der Waals surface area (Å²) in [5, 5.41) is 28.0. The quantitative estimate of drug-likeness (QED) is 0.483. The van der Waals surface area contributed by atoms with Crippen molar-refractivity contribution in [3.63, 3.8) is 0 Å². The van der Waals surface area contributed by atoms with Crippen molar-refractivity contribution in [1.82, 2.24) is 0 Å². The van der Waals surface area contributed by atoms with E-state index in [2.05, 4.69) is 4.74 Å². The molecule has 0 saturated heterocycles. The van der Waals surface area contributed by atoms with Crippen LogP contribution in [0.1, 0.15) is 15.9 Å². The van der Waals surface area contributed by atoms with Crippen molar-refractivity contribution in [2.75, 3.05) is 7.11 Å². The number of rotatable bonds is 5. The van der Waals surface area contributed by atoms with Crippen molar-refractivity contribution in [2.45, 2.75) is 11.9 Å². The zero-order valence-electron chi connectivity index (χ0n) is 9.03. The third kappa shape index (κ3) is 2.50. The van der Waals surface area contributed by atoms with Gasteiger partial charge < -0.3 is 20.1 Å². The molecule has 0 radical (unpaired) electrons. The van der Waals surface area contributed by atoms with Gasteiger partial charge in [0.15, 0.2) is 0 Å². The summed E-state index contributed by atoms with van der Waals surface area (Å²) in [4.78, 5) is 21.1. The highest BCUT2D eigenvalue weighted by Gasteiger charge is 2.42. The van der Waals surface area contributed by atoms with Crippen molar-refractivity contribution in [3.05, 3.63) is 35.4 Å². The molecule has 0 spiro atoms. The van der Waals surface area contributed by atoms with Crippen LogP contribution in [0, 0.1) is 0 Å². The van der Waals surface area contributed by atoms with Crippen molar-refractivity contribution in [2.24, 2.45) is 0 Å². The van der Waals surface area contributed by atoms with E-state index in [-0.39, 0.29) is 5.56 Å². The fraction of sp³-hybridized carbons (Fsp3) is 0.273. The van der Waals surface area contributed by atoms with Crippen molar-refractivity contribution < 1.29 is 29.6 Å². The predicted octanol–water partition coefficient (Wildman–Crippen LogP) is -0.264. The van der Waals surface area contributed by atoms with Crippen LogP contribution >= 0.6 is 0 Å². The Kier molecular flexibility index (Phi) is 3.95. The standard InChI is InChI=1S/C11H12O6/c1-17-11(16,9(13)10(14)15)8-4-2-7(6-12)3-5-8/h2-6,9,13,16H,1H3,(H,14,15). The molecule has 0 heterocycles. The predicted molar refractivity (Wildman–Crippen MR) is 56.4 cm³/mol. The van der Waals surface area contributed by atoms with Crippen LogP contribution in [-0.4, -0.2) is 40.8 Å². The number of aldehydes is 1. The molecule has 17 heavy (non-hydrogen) atoms. The number of hydrogen-bond donors (Lipinski definition) is 3. The molecule has 2 atom stereocenters. The maximum absolute atomic E-state index is 10.7. The van der Waals surface area contributed by atoms with Gasteiger partial charge in [0.2, 0.25) is 11.9 Å². The first-order valence-electron chi connectivity index (χ1n) is 4.70. The largest absolute Gasteiger partial charge is 0.479 e. The van der Waals surface area contributed by atoms with Crippen LogP contribution in [0.25, 0.3) is 0 Å². The van der Waals surface area contributed by atoms with Gasteiger partial charge in [-0.3, -0.25) is 4.79 Å². The molecule has 0 amide bonds. The molecule has 0 bridgehead atoms. The van der Waals surface area contributed by atoms with E-state index < -0.39 is 17.9 Å². The Bertz CT molecular complexity index is 412. The summed E-state index contributed by atoms with van der Waals surface area (Å²) >= 11 is 0. The number of carbonyl (C=O) groups excluding carboxylic acids is 1. The molecule has 0 aliphatic heterocycles. The maximum atomic E-state index is 10.7. The lowest BCUT2D eigenvalue weighted by Gasteiger charge is -2.29. The Morgan fingerprint density at radius 3 is 2.29 bits per heavy atom. The second-order valence-electron chi connectivity index (χ2n) is 3.38. The molecule has 0 fully saturated rings. The third-order valence-electron chi connectivity index (χ3n) is 2.38. The molecule has 1 aromatic carbocycles. The van der Waals surface area contributed by atoms with Crippen LogP contribution in [0.2, 0.25) is 0 Å². The lowest BCUT2D eigenvalue weighted by Crippen LogP contribution is -2.46. The van der Waals surface area contributed by atoms with Crippen LogP contribution in [-0.2, 0) is 15.3 Å². The van der Waals surface area contributed by atoms with E-state index in [9.17, 15) is 19.8 Å². The fourth-order valence-electron chi connectivity index (χ4n) is 1.36. The number of ether oxygens (including phenoxy) is 1. The zero-order chi connectivity index (χ0) is 13.1. The van der Waals surface area contributed by atoms with E-state index in [4.69, 9.17) is 5.11 Å². The molecule has 0 aliphatic carbocycles. The number of hydrogen-bond acceptors (Lipinski definition) is 5. The highest BCUT2D eigenvalue weighted by atomic mass is 16.6. The van der Waals surface area contributed by atoms with Gasteiger partial charge >= 0.3 is 5.97 Å². The van der Waals surface area contributed by atoms with E-state index in [1.165, 1.54) is 24.3 Å². The molecule has 6 heteroatoms. The molecule has 1 aromatic rings. The van der Waals surface area contributed by atoms with Crippen LogP contribution in [0.15, 0.2) is 24.3 Å². The van der Waals surface area contributed by atoms with Gasteiger partial charge in [-0.1, -0.05) is 24.3 Å². The van der Waals surface area contributed by atoms with Crippen LogP contribution in [0.4, 0.5) is 0 Å². The molecule has 0 aromatic heterocycles. The minimum atomic E-state index is -2.35. The molecule has 2 unspecified atom stereocenters. The van der Waals surface area contributed by atoms with Gasteiger partial charge in [0, 0.05) is 18.2 Å². The molecule has 6 nitrogen and oxygen atoms in total. The molecule has 0 saturated carbocycles. The van der Waals surface area contributed by atoms with Gasteiger partial charge in [0.1, 0.15) is 6.29 Å². The molecular formula is C11H12O6. The first-order valence-corrected chi connectivity index (χ1v) is 4.70. The average Bonchev–Trinajstić information content (AvgIpc) is 2.36. The number of carboxylic acids is 1. The molecule has 92 valence electrons. The van der Waals surface area contributed by atoms with Crippen molar-refractivity contribution >= 4 is 12.3 Å². The van der Waals surface area contributed by atoms with Gasteiger partial charge in [-0.2, -0.15) is 0 Å². The van der Waals surface area contributed by atoms with Crippen LogP contribution in [0.5, 0.6) is 0 Å². The Labute approximate surface area is 97.1 Å². The average molecular weight is 240 g/mol. The normalized spacial score (nSPS) is 15.9. The number of carboxylic acid groups (broad SMARTS) is 1. The Morgan fingerprint density at radius 2 is 1.94 bits per heavy atom. The van der Waals surface area contributed by atoms with E-state index in [0.29, 0.717) is 11.8 Å². The number of benzene rings is 1. The summed E-state index contributed by atoms with van der Waals surface area (Å²) in [6.07, 6.45) is -1.53. The lowest BCUT2D eigenvalue weighted by atomic mass is 9.99. The van der Waals surface area contributed by atoms with Crippen molar-refractivity contribution in [3.8, 4) is 0 Å². The minimum Gasteiger partial charge on any atom is -0.479 e. The number of aliphatic hydroxyl groups excluding tert-OH is 1. The van der Waals surface area contributed by atoms with E-state index in [1.807, 2.05) is 0 Å². The molecular weight excluding hydrogens is 228 g/mol. The van der Waals surface area contributed by atoms with Gasteiger partial charge in [0.05, 0.1) is 0 Å². The highest BCUT2D eigenvalue weighted by Crippen LogP contribution is 2.26. The van der Waals surface area contributed by atoms with Gasteiger partial charge in [-0.15, -0.1) is 0 Å². The number of methoxy groups -OCH3 is 1. The summed E-state index contributed by atoms with van der Waals surface area (Å²) in [5.41, 5.74) is 0.400. The van der Waals surface area contributed by atoms with Gasteiger partial charge in [0.25, 0.3) is 0 Å². The maximum Gasteiger partial charge on any atom is 0.338 e. The number of aliphatic carboxylic acids is 1. The van der Waals surface area contributed by atoms with Gasteiger partial charge in [-0.05, 0) is 0 Å². The van der Waals surface area contributed by atoms with Crippen LogP contribution < -0.4 is 0 Å². The van der Waals surface area contributed by atoms with Gasteiger partial charge in [-0.25, -0.2) is 4.79 Å². The number of carbonyl (C=O) groups is 2. The second kappa shape index (κ2) is 5.05. The zero-order valence-corrected chi connectivity index (χ0v) is 9.03. The Morgan fingerprint density at radius 1 is 1.41 bits per heavy atom. The van der Waals surface area contributed by atoms with Crippen LogP contribution in [0.3, 0.4) is 0 Å². The summed E-state index contributed by atoms with van der Waals surface area (Å²) < 4.78 is 4.66. The van der Waals surface area contributed by atoms with E-state index in [1.54, 1.807) is 0 Å². The van der Waals surface area contributed by atoms with E-state index in [0.717, 1.165) is 7.11 Å². The second-order valence-corrected chi connectivity index (χ2v) is 3.38. The SMILES string of the molecule is COC(O)(c1ccc(C=O)cc1)C(O)C(=O)O. The first kappa shape index (κ1) is 13.3. The molecule has 0 aliphatic rings. The Balaban J connectivity index is 3.15.